The van der Waals surface area contributed by atoms with Gasteiger partial charge in [0.25, 0.3) is 0 Å². The van der Waals surface area contributed by atoms with E-state index in [1.807, 2.05) is 0 Å². The third kappa shape index (κ3) is 5.84. The molecule has 0 fully saturated rings. The monoisotopic (exact) mass is 483 g/mol. The van der Waals surface area contributed by atoms with Gasteiger partial charge in [-0.25, -0.2) is 4.98 Å². The van der Waals surface area contributed by atoms with Gasteiger partial charge < -0.3 is 25.7 Å². The van der Waals surface area contributed by atoms with E-state index < -0.39 is 42.6 Å². The number of ether oxygens (including phenoxy) is 1. The number of anilines is 3. The fourth-order valence-corrected chi connectivity index (χ4v) is 4.32. The lowest BCUT2D eigenvalue weighted by Gasteiger charge is -2.28. The normalized spacial score (nSPS) is 18.6. The van der Waals surface area contributed by atoms with Crippen LogP contribution in [0.15, 0.2) is 36.5 Å². The van der Waals surface area contributed by atoms with E-state index in [2.05, 4.69) is 20.6 Å². The van der Waals surface area contributed by atoms with Crippen LogP contribution in [-0.4, -0.2) is 42.4 Å². The van der Waals surface area contributed by atoms with Crippen LogP contribution < -0.4 is 26.4 Å². The van der Waals surface area contributed by atoms with Gasteiger partial charge in [0, 0.05) is 17.5 Å². The summed E-state index contributed by atoms with van der Waals surface area (Å²) in [5.74, 6) is -1.52. The average molecular weight is 483 g/mol. The molecule has 4 N–H and O–H groups in total. The summed E-state index contributed by atoms with van der Waals surface area (Å²) in [4.78, 5) is 19.6. The van der Waals surface area contributed by atoms with Crippen molar-refractivity contribution in [2.24, 2.45) is 11.7 Å². The van der Waals surface area contributed by atoms with E-state index in [1.165, 1.54) is 7.11 Å². The zero-order valence-electron chi connectivity index (χ0n) is 18.3. The van der Waals surface area contributed by atoms with Gasteiger partial charge in [-0.3, -0.25) is 4.79 Å². The molecular weight excluding hydrogens is 458 g/mol. The summed E-state index contributed by atoms with van der Waals surface area (Å²) < 4.78 is 58.5. The Bertz CT molecular complexity index is 1120. The molecule has 0 bridgehead atoms. The molecule has 0 saturated carbocycles. The number of benzene rings is 1. The molecule has 1 aliphatic rings. The molecule has 1 aromatic carbocycles. The molecule has 0 saturated heterocycles. The topological polar surface area (TPSA) is 119 Å². The Morgan fingerprint density at radius 3 is 2.55 bits per heavy atom. The van der Waals surface area contributed by atoms with Crippen LogP contribution >= 0.6 is 7.14 Å². The minimum Gasteiger partial charge on any atom is -0.495 e. The summed E-state index contributed by atoms with van der Waals surface area (Å²) in [5, 5.41) is 6.17. The highest BCUT2D eigenvalue weighted by atomic mass is 31.2. The van der Waals surface area contributed by atoms with Crippen LogP contribution in [0.5, 0.6) is 5.75 Å². The number of nitrogens with one attached hydrogen (secondary N) is 2. The Balaban J connectivity index is 1.96. The van der Waals surface area contributed by atoms with Gasteiger partial charge in [0.2, 0.25) is 11.9 Å². The number of halogens is 3. The summed E-state index contributed by atoms with van der Waals surface area (Å²) in [6.45, 7) is 3.23. The van der Waals surface area contributed by atoms with Crippen LogP contribution in [0.2, 0.25) is 0 Å². The minimum absolute atomic E-state index is 0.116. The van der Waals surface area contributed by atoms with Gasteiger partial charge >= 0.3 is 6.18 Å². The second-order valence-corrected chi connectivity index (χ2v) is 11.2. The van der Waals surface area contributed by atoms with Crippen molar-refractivity contribution < 1.29 is 27.3 Å². The minimum atomic E-state index is -4.71. The Kier molecular flexibility index (Phi) is 7.02. The Hall–Kier alpha value is -3.07. The van der Waals surface area contributed by atoms with Gasteiger partial charge in [-0.1, -0.05) is 12.2 Å². The number of nitrogens with zero attached hydrogens (tertiary/aromatic N) is 2. The lowest BCUT2D eigenvalue weighted by Crippen LogP contribution is -2.40. The van der Waals surface area contributed by atoms with Crippen LogP contribution in [0.25, 0.3) is 0 Å². The van der Waals surface area contributed by atoms with Gasteiger partial charge in [-0.05, 0) is 44.4 Å². The number of aromatic nitrogens is 2. The van der Waals surface area contributed by atoms with E-state index in [0.717, 1.165) is 0 Å². The molecular formula is C21H25F3N5O3P. The first-order valence-corrected chi connectivity index (χ1v) is 12.7. The van der Waals surface area contributed by atoms with E-state index >= 15 is 0 Å². The van der Waals surface area contributed by atoms with Crippen molar-refractivity contribution in [1.82, 2.24) is 9.97 Å². The van der Waals surface area contributed by atoms with E-state index in [4.69, 9.17) is 10.5 Å². The van der Waals surface area contributed by atoms with Gasteiger partial charge in [0.15, 0.2) is 0 Å². The highest BCUT2D eigenvalue weighted by Gasteiger charge is 2.37. The molecule has 2 atom stereocenters. The molecule has 8 nitrogen and oxygen atoms in total. The molecule has 0 aliphatic heterocycles. The van der Waals surface area contributed by atoms with E-state index in [0.29, 0.717) is 35.8 Å². The smallest absolute Gasteiger partial charge is 0.421 e. The average Bonchev–Trinajstić information content (AvgIpc) is 2.72. The van der Waals surface area contributed by atoms with Crippen molar-refractivity contribution in [3.05, 3.63) is 42.1 Å². The third-order valence-corrected chi connectivity index (χ3v) is 6.79. The summed E-state index contributed by atoms with van der Waals surface area (Å²) in [6, 6.07) is 4.18. The number of carbonyl (C=O) groups excluding carboxylic acids is 1. The standard InChI is InChI=1S/C21H25F3N5O3P/c1-32-17-10-12(33(2,3)31)8-9-16(17)28-20-26-11-14(21(22,23)24)19(29-20)27-15-7-5-4-6-13(15)18(25)30/h4-5,8-11,13,15H,6-7H2,1-3H3,(H2,25,30)(H2,26,27,28,29). The van der Waals surface area contributed by atoms with Crippen LogP contribution in [0, 0.1) is 5.92 Å². The number of nitrogens with two attached hydrogens (primary N) is 1. The van der Waals surface area contributed by atoms with E-state index in [1.54, 1.807) is 43.7 Å². The number of amides is 1. The van der Waals surface area contributed by atoms with E-state index in [9.17, 15) is 22.5 Å². The number of hydrogen-bond donors (Lipinski definition) is 3. The zero-order chi connectivity index (χ0) is 24.4. The second-order valence-electron chi connectivity index (χ2n) is 8.02. The molecule has 3 rings (SSSR count). The zero-order valence-corrected chi connectivity index (χ0v) is 19.2. The highest BCUT2D eigenvalue weighted by Crippen LogP contribution is 2.39. The third-order valence-electron chi connectivity index (χ3n) is 5.27. The SMILES string of the molecule is COc1cc(P(C)(C)=O)ccc1Nc1ncc(C(F)(F)F)c(NC2CC=CCC2C(N)=O)n1. The summed E-state index contributed by atoms with van der Waals surface area (Å²) in [6.07, 6.45) is 0.150. The number of hydrogen-bond acceptors (Lipinski definition) is 7. The van der Waals surface area contributed by atoms with Gasteiger partial charge in [-0.2, -0.15) is 18.2 Å². The largest absolute Gasteiger partial charge is 0.495 e. The molecule has 1 aromatic heterocycles. The Morgan fingerprint density at radius 2 is 1.94 bits per heavy atom. The van der Waals surface area contributed by atoms with E-state index in [-0.39, 0.29) is 5.95 Å². The Labute approximate surface area is 189 Å². The fraction of sp³-hybridized carbons (Fsp3) is 0.381. The van der Waals surface area contributed by atoms with Gasteiger partial charge in [0.05, 0.1) is 18.7 Å². The molecule has 2 unspecified atom stereocenters. The molecule has 0 radical (unpaired) electrons. The number of methoxy groups -OCH3 is 1. The first-order valence-electron chi connectivity index (χ1n) is 10.1. The van der Waals surface area contributed by atoms with Crippen molar-refractivity contribution in [2.75, 3.05) is 31.1 Å². The predicted octanol–water partition coefficient (Wildman–Crippen LogP) is 3.73. The Morgan fingerprint density at radius 1 is 1.24 bits per heavy atom. The first kappa shape index (κ1) is 24.6. The van der Waals surface area contributed by atoms with Gasteiger partial charge in [-0.15, -0.1) is 0 Å². The maximum atomic E-state index is 13.6. The number of alkyl halides is 3. The molecule has 1 amide bonds. The number of primary amides is 1. The fourth-order valence-electron chi connectivity index (χ4n) is 3.46. The molecule has 0 spiro atoms. The number of carbonyl (C=O) groups is 1. The van der Waals surface area contributed by atoms with Crippen molar-refractivity contribution in [3.63, 3.8) is 0 Å². The number of allylic oxidation sites excluding steroid dienone is 1. The lowest BCUT2D eigenvalue weighted by atomic mass is 9.88. The molecule has 1 heterocycles. The van der Waals surface area contributed by atoms with Crippen molar-refractivity contribution in [3.8, 4) is 5.75 Å². The van der Waals surface area contributed by atoms with Gasteiger partial charge in [0.1, 0.15) is 24.3 Å². The van der Waals surface area contributed by atoms with Crippen LogP contribution in [0.1, 0.15) is 18.4 Å². The molecule has 2 aromatic rings. The molecule has 178 valence electrons. The van der Waals surface area contributed by atoms with Crippen LogP contribution in [0.4, 0.5) is 30.6 Å². The lowest BCUT2D eigenvalue weighted by molar-refractivity contribution is -0.137. The molecule has 1 aliphatic carbocycles. The maximum Gasteiger partial charge on any atom is 0.421 e. The first-order chi connectivity index (χ1) is 15.4. The maximum absolute atomic E-state index is 13.6. The number of rotatable bonds is 7. The summed E-state index contributed by atoms with van der Waals surface area (Å²) in [5.41, 5.74) is 4.75. The van der Waals surface area contributed by atoms with Crippen LogP contribution in [-0.2, 0) is 15.5 Å². The quantitative estimate of drug-likeness (QED) is 0.406. The van der Waals surface area contributed by atoms with Crippen LogP contribution in [0.3, 0.4) is 0 Å². The molecule has 33 heavy (non-hydrogen) atoms. The van der Waals surface area contributed by atoms with Crippen molar-refractivity contribution in [1.29, 1.82) is 0 Å². The predicted molar refractivity (Wildman–Crippen MR) is 121 cm³/mol. The summed E-state index contributed by atoms with van der Waals surface area (Å²) >= 11 is 0. The van der Waals surface area contributed by atoms with Crippen molar-refractivity contribution >= 4 is 35.8 Å². The molecule has 12 heteroatoms. The second kappa shape index (κ2) is 9.43. The summed E-state index contributed by atoms with van der Waals surface area (Å²) in [7, 11) is -1.13. The highest BCUT2D eigenvalue weighted by molar-refractivity contribution is 7.70. The van der Waals surface area contributed by atoms with Crippen molar-refractivity contribution in [2.45, 2.75) is 25.1 Å².